The Morgan fingerprint density at radius 2 is 2.24 bits per heavy atom. The monoisotopic (exact) mass is 231 g/mol. The van der Waals surface area contributed by atoms with Crippen molar-refractivity contribution in [1.29, 1.82) is 0 Å². The van der Waals surface area contributed by atoms with Crippen LogP contribution in [-0.2, 0) is 11.2 Å². The quantitative estimate of drug-likeness (QED) is 0.784. The topological polar surface area (TPSA) is 38.3 Å². The molecule has 1 rings (SSSR count). The summed E-state index contributed by atoms with van der Waals surface area (Å²) in [6.45, 7) is 1.94. The van der Waals surface area contributed by atoms with Crippen LogP contribution in [0.1, 0.15) is 18.9 Å². The second kappa shape index (κ2) is 6.59. The fourth-order valence-corrected chi connectivity index (χ4v) is 1.53. The van der Waals surface area contributed by atoms with Crippen molar-refractivity contribution in [3.8, 4) is 18.1 Å². The molecule has 0 saturated heterocycles. The normalized spacial score (nSPS) is 11.4. The fraction of sp³-hybridized carbons (Fsp3) is 0.357. The average molecular weight is 231 g/mol. The summed E-state index contributed by atoms with van der Waals surface area (Å²) in [7, 11) is 1.59. The number of benzene rings is 1. The number of hydrogen-bond acceptors (Lipinski definition) is 2. The molecule has 0 aliphatic heterocycles. The van der Waals surface area contributed by atoms with Gasteiger partial charge < -0.3 is 10.1 Å². The summed E-state index contributed by atoms with van der Waals surface area (Å²) in [5.41, 5.74) is 0.861. The second-order valence-electron chi connectivity index (χ2n) is 3.68. The van der Waals surface area contributed by atoms with Crippen molar-refractivity contribution < 1.29 is 9.53 Å². The van der Waals surface area contributed by atoms with Crippen LogP contribution in [0, 0.1) is 12.3 Å². The molecule has 0 spiro atoms. The molecule has 1 amide bonds. The van der Waals surface area contributed by atoms with Crippen LogP contribution in [0.15, 0.2) is 24.3 Å². The van der Waals surface area contributed by atoms with Crippen LogP contribution >= 0.6 is 0 Å². The second-order valence-corrected chi connectivity index (χ2v) is 3.68. The number of ether oxygens (including phenoxy) is 1. The molecule has 17 heavy (non-hydrogen) atoms. The highest BCUT2D eigenvalue weighted by molar-refractivity contribution is 5.79. The molecule has 1 unspecified atom stereocenters. The van der Waals surface area contributed by atoms with Gasteiger partial charge >= 0.3 is 0 Å². The number of methoxy groups -OCH3 is 1. The molecule has 3 nitrogen and oxygen atoms in total. The first-order valence-corrected chi connectivity index (χ1v) is 5.58. The van der Waals surface area contributed by atoms with Crippen molar-refractivity contribution in [2.24, 2.45) is 0 Å². The van der Waals surface area contributed by atoms with E-state index in [0.717, 1.165) is 17.7 Å². The minimum atomic E-state index is -0.197. The summed E-state index contributed by atoms with van der Waals surface area (Å²) in [6.07, 6.45) is 6.30. The van der Waals surface area contributed by atoms with Crippen LogP contribution in [0.2, 0.25) is 0 Å². The van der Waals surface area contributed by atoms with Crippen LogP contribution in [0.25, 0.3) is 0 Å². The Balaban J connectivity index is 2.65. The molecule has 1 aromatic rings. The van der Waals surface area contributed by atoms with E-state index in [1.165, 1.54) is 0 Å². The van der Waals surface area contributed by atoms with Gasteiger partial charge in [0.05, 0.1) is 19.6 Å². The van der Waals surface area contributed by atoms with E-state index in [2.05, 4.69) is 11.2 Å². The smallest absolute Gasteiger partial charge is 0.225 e. The van der Waals surface area contributed by atoms with Gasteiger partial charge in [-0.25, -0.2) is 0 Å². The molecule has 0 aliphatic carbocycles. The molecule has 0 bridgehead atoms. The predicted molar refractivity (Wildman–Crippen MR) is 67.8 cm³/mol. The van der Waals surface area contributed by atoms with Crippen LogP contribution in [0.5, 0.6) is 5.75 Å². The standard InChI is InChI=1S/C14H17NO2/c1-4-12(5-2)15-14(16)10-11-8-6-7-9-13(11)17-3/h1,6-9,12H,5,10H2,2-3H3,(H,15,16). The summed E-state index contributed by atoms with van der Waals surface area (Å²) in [4.78, 5) is 11.7. The Labute approximate surface area is 102 Å². The van der Waals surface area contributed by atoms with E-state index in [4.69, 9.17) is 11.2 Å². The van der Waals surface area contributed by atoms with Gasteiger partial charge in [0.15, 0.2) is 0 Å². The number of terminal acetylenes is 1. The maximum Gasteiger partial charge on any atom is 0.225 e. The molecule has 0 radical (unpaired) electrons. The van der Waals surface area contributed by atoms with E-state index in [0.29, 0.717) is 0 Å². The Hall–Kier alpha value is -1.95. The first kappa shape index (κ1) is 13.1. The van der Waals surface area contributed by atoms with Gasteiger partial charge in [-0.1, -0.05) is 31.0 Å². The summed E-state index contributed by atoms with van der Waals surface area (Å²) in [5.74, 6) is 3.17. The molecule has 0 aromatic heterocycles. The van der Waals surface area contributed by atoms with Gasteiger partial charge in [-0.05, 0) is 12.5 Å². The third-order valence-corrected chi connectivity index (χ3v) is 2.49. The minimum absolute atomic E-state index is 0.0840. The van der Waals surface area contributed by atoms with Gasteiger partial charge in [0.2, 0.25) is 5.91 Å². The van der Waals surface area contributed by atoms with Crippen molar-refractivity contribution in [2.45, 2.75) is 25.8 Å². The zero-order valence-corrected chi connectivity index (χ0v) is 10.2. The maximum atomic E-state index is 11.7. The predicted octanol–water partition coefficient (Wildman–Crippen LogP) is 1.77. The Morgan fingerprint density at radius 1 is 1.53 bits per heavy atom. The van der Waals surface area contributed by atoms with E-state index >= 15 is 0 Å². The Kier molecular flexibility index (Phi) is 5.09. The number of amides is 1. The highest BCUT2D eigenvalue weighted by Gasteiger charge is 2.10. The average Bonchev–Trinajstić information content (AvgIpc) is 2.36. The van der Waals surface area contributed by atoms with Gasteiger partial charge in [0.25, 0.3) is 0 Å². The molecule has 0 fully saturated rings. The third-order valence-electron chi connectivity index (χ3n) is 2.49. The lowest BCUT2D eigenvalue weighted by Gasteiger charge is -2.12. The summed E-state index contributed by atoms with van der Waals surface area (Å²) in [6, 6.07) is 7.26. The molecule has 0 heterocycles. The van der Waals surface area contributed by atoms with Crippen LogP contribution in [-0.4, -0.2) is 19.1 Å². The molecule has 1 aromatic carbocycles. The number of carbonyl (C=O) groups excluding carboxylic acids is 1. The van der Waals surface area contributed by atoms with Gasteiger partial charge in [-0.15, -0.1) is 6.42 Å². The lowest BCUT2D eigenvalue weighted by atomic mass is 10.1. The fourth-order valence-electron chi connectivity index (χ4n) is 1.53. The first-order chi connectivity index (χ1) is 8.21. The third kappa shape index (κ3) is 3.84. The zero-order valence-electron chi connectivity index (χ0n) is 10.2. The summed E-state index contributed by atoms with van der Waals surface area (Å²) < 4.78 is 5.18. The van der Waals surface area contributed by atoms with E-state index in [1.54, 1.807) is 7.11 Å². The lowest BCUT2D eigenvalue weighted by molar-refractivity contribution is -0.120. The van der Waals surface area contributed by atoms with Crippen LogP contribution in [0.4, 0.5) is 0 Å². The molecule has 90 valence electrons. The zero-order chi connectivity index (χ0) is 12.7. The molecule has 1 atom stereocenters. The number of hydrogen-bond donors (Lipinski definition) is 1. The molecular weight excluding hydrogens is 214 g/mol. The first-order valence-electron chi connectivity index (χ1n) is 5.58. The summed E-state index contributed by atoms with van der Waals surface area (Å²) >= 11 is 0. The van der Waals surface area contributed by atoms with Gasteiger partial charge in [0.1, 0.15) is 5.75 Å². The van der Waals surface area contributed by atoms with Crippen molar-refractivity contribution in [1.82, 2.24) is 5.32 Å². The number of nitrogens with one attached hydrogen (secondary N) is 1. The maximum absolute atomic E-state index is 11.7. The lowest BCUT2D eigenvalue weighted by Crippen LogP contribution is -2.34. The van der Waals surface area contributed by atoms with Crippen LogP contribution < -0.4 is 10.1 Å². The number of carbonyl (C=O) groups is 1. The van der Waals surface area contributed by atoms with Crippen molar-refractivity contribution in [3.63, 3.8) is 0 Å². The SMILES string of the molecule is C#CC(CC)NC(=O)Cc1ccccc1OC. The van der Waals surface area contributed by atoms with E-state index in [9.17, 15) is 4.79 Å². The molecule has 3 heteroatoms. The highest BCUT2D eigenvalue weighted by atomic mass is 16.5. The molecule has 1 N–H and O–H groups in total. The van der Waals surface area contributed by atoms with Crippen molar-refractivity contribution >= 4 is 5.91 Å². The van der Waals surface area contributed by atoms with Crippen molar-refractivity contribution in [2.75, 3.05) is 7.11 Å². The molecule has 0 aliphatic rings. The van der Waals surface area contributed by atoms with Crippen LogP contribution in [0.3, 0.4) is 0 Å². The van der Waals surface area contributed by atoms with Gasteiger partial charge in [-0.3, -0.25) is 4.79 Å². The molecular formula is C14H17NO2. The minimum Gasteiger partial charge on any atom is -0.496 e. The van der Waals surface area contributed by atoms with Gasteiger partial charge in [0, 0.05) is 5.56 Å². The van der Waals surface area contributed by atoms with E-state index in [1.807, 2.05) is 31.2 Å². The molecule has 0 saturated carbocycles. The largest absolute Gasteiger partial charge is 0.496 e. The van der Waals surface area contributed by atoms with E-state index in [-0.39, 0.29) is 18.4 Å². The van der Waals surface area contributed by atoms with Crippen molar-refractivity contribution in [3.05, 3.63) is 29.8 Å². The Morgan fingerprint density at radius 3 is 2.82 bits per heavy atom. The number of rotatable bonds is 5. The summed E-state index contributed by atoms with van der Waals surface area (Å²) in [5, 5.41) is 2.79. The van der Waals surface area contributed by atoms with E-state index < -0.39 is 0 Å². The Bertz CT molecular complexity index is 420. The van der Waals surface area contributed by atoms with Gasteiger partial charge in [-0.2, -0.15) is 0 Å². The number of para-hydroxylation sites is 1. The highest BCUT2D eigenvalue weighted by Crippen LogP contribution is 2.17.